The smallest absolute Gasteiger partial charge is 0.276 e. The molecule has 1 aromatic heterocycles. The van der Waals surface area contributed by atoms with E-state index in [9.17, 15) is 13.2 Å². The fourth-order valence-electron chi connectivity index (χ4n) is 2.42. The number of carbonyl (C=O) groups is 1. The SMILES string of the molecule is NS(=O)(=O)N1CCCN(C(=O)CCCc2cccs2)CC1. The number of nitrogens with two attached hydrogens (primary N) is 1. The van der Waals surface area contributed by atoms with Crippen molar-refractivity contribution in [3.05, 3.63) is 22.4 Å². The molecule has 2 rings (SSSR count). The number of thiophene rings is 1. The predicted octanol–water partition coefficient (Wildman–Crippen LogP) is 0.809. The average Bonchev–Trinajstić information content (AvgIpc) is 2.79. The molecular formula is C13H21N3O3S2. The summed E-state index contributed by atoms with van der Waals surface area (Å²) < 4.78 is 23.9. The molecule has 0 saturated carbocycles. The Bertz CT molecular complexity index is 557. The quantitative estimate of drug-likeness (QED) is 0.866. The molecule has 0 aliphatic carbocycles. The fourth-order valence-corrected chi connectivity index (χ4v) is 3.90. The summed E-state index contributed by atoms with van der Waals surface area (Å²) in [6, 6.07) is 4.09. The van der Waals surface area contributed by atoms with Crippen LogP contribution in [0, 0.1) is 0 Å². The maximum Gasteiger partial charge on any atom is 0.276 e. The third-order valence-electron chi connectivity index (χ3n) is 3.56. The Morgan fingerprint density at radius 2 is 2.10 bits per heavy atom. The summed E-state index contributed by atoms with van der Waals surface area (Å²) in [5.41, 5.74) is 0. The van der Waals surface area contributed by atoms with Crippen LogP contribution in [0.2, 0.25) is 0 Å². The Labute approximate surface area is 129 Å². The molecule has 0 spiro atoms. The Morgan fingerprint density at radius 1 is 1.29 bits per heavy atom. The van der Waals surface area contributed by atoms with Gasteiger partial charge in [-0.15, -0.1) is 11.3 Å². The monoisotopic (exact) mass is 331 g/mol. The van der Waals surface area contributed by atoms with E-state index < -0.39 is 10.2 Å². The molecule has 0 bridgehead atoms. The molecule has 0 atom stereocenters. The summed E-state index contributed by atoms with van der Waals surface area (Å²) in [5.74, 6) is 0.0998. The third-order valence-corrected chi connectivity index (χ3v) is 5.58. The van der Waals surface area contributed by atoms with Gasteiger partial charge in [-0.3, -0.25) is 4.79 Å². The van der Waals surface area contributed by atoms with Gasteiger partial charge in [-0.2, -0.15) is 12.7 Å². The lowest BCUT2D eigenvalue weighted by Crippen LogP contribution is -2.40. The van der Waals surface area contributed by atoms with Crippen LogP contribution < -0.4 is 5.14 Å². The van der Waals surface area contributed by atoms with Crippen molar-refractivity contribution in [3.63, 3.8) is 0 Å². The molecule has 8 heteroatoms. The van der Waals surface area contributed by atoms with Crippen LogP contribution in [0.15, 0.2) is 17.5 Å². The summed E-state index contributed by atoms with van der Waals surface area (Å²) >= 11 is 1.70. The van der Waals surface area contributed by atoms with Crippen molar-refractivity contribution in [1.29, 1.82) is 0 Å². The molecule has 0 unspecified atom stereocenters. The minimum Gasteiger partial charge on any atom is -0.341 e. The first-order valence-electron chi connectivity index (χ1n) is 7.05. The molecule has 1 saturated heterocycles. The third kappa shape index (κ3) is 5.06. The van der Waals surface area contributed by atoms with Gasteiger partial charge in [0.25, 0.3) is 10.2 Å². The molecule has 21 heavy (non-hydrogen) atoms. The van der Waals surface area contributed by atoms with Crippen molar-refractivity contribution >= 4 is 27.5 Å². The van der Waals surface area contributed by atoms with E-state index in [1.54, 1.807) is 16.2 Å². The van der Waals surface area contributed by atoms with E-state index in [0.29, 0.717) is 32.5 Å². The lowest BCUT2D eigenvalue weighted by atomic mass is 10.2. The zero-order valence-corrected chi connectivity index (χ0v) is 13.5. The lowest BCUT2D eigenvalue weighted by molar-refractivity contribution is -0.131. The van der Waals surface area contributed by atoms with Crippen LogP contribution in [-0.4, -0.2) is 49.7 Å². The number of carbonyl (C=O) groups excluding carboxylic acids is 1. The lowest BCUT2D eigenvalue weighted by Gasteiger charge is -2.20. The van der Waals surface area contributed by atoms with Crippen molar-refractivity contribution in [2.75, 3.05) is 26.2 Å². The first-order chi connectivity index (χ1) is 9.97. The first-order valence-corrected chi connectivity index (χ1v) is 9.43. The first kappa shape index (κ1) is 16.4. The number of amides is 1. The number of aryl methyl sites for hydroxylation is 1. The molecule has 1 aromatic rings. The average molecular weight is 331 g/mol. The number of hydrogen-bond acceptors (Lipinski definition) is 4. The van der Waals surface area contributed by atoms with E-state index in [1.165, 1.54) is 9.18 Å². The molecular weight excluding hydrogens is 310 g/mol. The molecule has 1 fully saturated rings. The van der Waals surface area contributed by atoms with Gasteiger partial charge in [-0.25, -0.2) is 5.14 Å². The molecule has 118 valence electrons. The molecule has 6 nitrogen and oxygen atoms in total. The van der Waals surface area contributed by atoms with Crippen LogP contribution in [0.4, 0.5) is 0 Å². The highest BCUT2D eigenvalue weighted by Crippen LogP contribution is 2.13. The van der Waals surface area contributed by atoms with Gasteiger partial charge in [-0.1, -0.05) is 6.07 Å². The highest BCUT2D eigenvalue weighted by molar-refractivity contribution is 7.86. The molecule has 1 amide bonds. The van der Waals surface area contributed by atoms with E-state index >= 15 is 0 Å². The van der Waals surface area contributed by atoms with Gasteiger partial charge in [0.05, 0.1) is 0 Å². The van der Waals surface area contributed by atoms with Crippen LogP contribution in [0.3, 0.4) is 0 Å². The van der Waals surface area contributed by atoms with Gasteiger partial charge in [0, 0.05) is 37.5 Å². The standard InChI is InChI=1S/C13H21N3O3S2/c14-21(18,19)16-8-3-7-15(9-10-16)13(17)6-1-4-12-5-2-11-20-12/h2,5,11H,1,3-4,6-10H2,(H2,14,18,19). The van der Waals surface area contributed by atoms with Crippen molar-refractivity contribution in [1.82, 2.24) is 9.21 Å². The zero-order chi connectivity index (χ0) is 15.3. The second-order valence-electron chi connectivity index (χ2n) is 5.11. The summed E-state index contributed by atoms with van der Waals surface area (Å²) in [5, 5.41) is 7.17. The highest BCUT2D eigenvalue weighted by Gasteiger charge is 2.23. The zero-order valence-electron chi connectivity index (χ0n) is 11.9. The maximum absolute atomic E-state index is 12.2. The van der Waals surface area contributed by atoms with Gasteiger partial charge in [0.15, 0.2) is 0 Å². The minimum atomic E-state index is -3.65. The van der Waals surface area contributed by atoms with Gasteiger partial charge >= 0.3 is 0 Å². The number of rotatable bonds is 5. The minimum absolute atomic E-state index is 0.0998. The van der Waals surface area contributed by atoms with Crippen LogP contribution in [0.1, 0.15) is 24.1 Å². The number of nitrogens with zero attached hydrogens (tertiary/aromatic N) is 2. The van der Waals surface area contributed by atoms with Crippen LogP contribution in [0.5, 0.6) is 0 Å². The van der Waals surface area contributed by atoms with Crippen molar-refractivity contribution < 1.29 is 13.2 Å². The van der Waals surface area contributed by atoms with Crippen molar-refractivity contribution in [2.45, 2.75) is 25.7 Å². The van der Waals surface area contributed by atoms with E-state index in [2.05, 4.69) is 6.07 Å². The number of hydrogen-bond donors (Lipinski definition) is 1. The highest BCUT2D eigenvalue weighted by atomic mass is 32.2. The second-order valence-corrected chi connectivity index (χ2v) is 7.69. The van der Waals surface area contributed by atoms with E-state index in [0.717, 1.165) is 12.8 Å². The Balaban J connectivity index is 1.77. The molecule has 1 aliphatic heterocycles. The van der Waals surface area contributed by atoms with Crippen molar-refractivity contribution in [3.8, 4) is 0 Å². The summed E-state index contributed by atoms with van der Waals surface area (Å²) in [6.45, 7) is 1.70. The summed E-state index contributed by atoms with van der Waals surface area (Å²) in [4.78, 5) is 15.2. The van der Waals surface area contributed by atoms with Gasteiger partial charge in [-0.05, 0) is 30.7 Å². The van der Waals surface area contributed by atoms with Crippen LogP contribution in [0.25, 0.3) is 0 Å². The maximum atomic E-state index is 12.2. The molecule has 2 N–H and O–H groups in total. The normalized spacial score (nSPS) is 17.7. The summed E-state index contributed by atoms with van der Waals surface area (Å²) in [7, 11) is -3.65. The van der Waals surface area contributed by atoms with Crippen LogP contribution in [-0.2, 0) is 21.4 Å². The largest absolute Gasteiger partial charge is 0.341 e. The topological polar surface area (TPSA) is 83.7 Å². The Kier molecular flexibility index (Phi) is 5.74. The van der Waals surface area contributed by atoms with Crippen LogP contribution >= 0.6 is 11.3 Å². The van der Waals surface area contributed by atoms with Gasteiger partial charge in [0.2, 0.25) is 5.91 Å². The Morgan fingerprint density at radius 3 is 2.76 bits per heavy atom. The second kappa shape index (κ2) is 7.35. The molecule has 2 heterocycles. The van der Waals surface area contributed by atoms with E-state index in [4.69, 9.17) is 5.14 Å². The van der Waals surface area contributed by atoms with Gasteiger partial charge < -0.3 is 4.90 Å². The van der Waals surface area contributed by atoms with E-state index in [1.807, 2.05) is 11.4 Å². The molecule has 0 radical (unpaired) electrons. The van der Waals surface area contributed by atoms with E-state index in [-0.39, 0.29) is 12.5 Å². The predicted molar refractivity (Wildman–Crippen MR) is 83.1 cm³/mol. The van der Waals surface area contributed by atoms with Gasteiger partial charge in [0.1, 0.15) is 0 Å². The Hall–Kier alpha value is -0.960. The van der Waals surface area contributed by atoms with Crippen molar-refractivity contribution in [2.24, 2.45) is 5.14 Å². The molecule has 1 aliphatic rings. The summed E-state index contributed by atoms with van der Waals surface area (Å²) in [6.07, 6.45) is 2.88. The fraction of sp³-hybridized carbons (Fsp3) is 0.615. The molecule has 0 aromatic carbocycles.